The molecule has 4 nitrogen and oxygen atoms in total. The summed E-state index contributed by atoms with van der Waals surface area (Å²) in [5, 5.41) is 4.83. The molecule has 1 heterocycles. The normalized spacial score (nSPS) is 11.7. The summed E-state index contributed by atoms with van der Waals surface area (Å²) in [7, 11) is 0. The molecule has 6 heteroatoms. The van der Waals surface area contributed by atoms with Gasteiger partial charge in [0.1, 0.15) is 0 Å². The molecular weight excluding hydrogens is 376 g/mol. The molecule has 27 heavy (non-hydrogen) atoms. The number of aromatic nitrogens is 1. The number of benzene rings is 2. The second kappa shape index (κ2) is 9.48. The quantitative estimate of drug-likeness (QED) is 0.579. The maximum Gasteiger partial charge on any atom is 0.231 e. The van der Waals surface area contributed by atoms with E-state index < -0.39 is 6.04 Å². The third-order valence-corrected chi connectivity index (χ3v) is 6.01. The Morgan fingerprint density at radius 2 is 1.74 bits per heavy atom. The van der Waals surface area contributed by atoms with Crippen LogP contribution in [0.3, 0.4) is 0 Å². The lowest BCUT2D eigenvalue weighted by atomic mass is 10.0. The van der Waals surface area contributed by atoms with Crippen LogP contribution in [0.2, 0.25) is 0 Å². The summed E-state index contributed by atoms with van der Waals surface area (Å²) < 4.78 is 0.839. The highest BCUT2D eigenvalue weighted by Crippen LogP contribution is 2.28. The van der Waals surface area contributed by atoms with Crippen molar-refractivity contribution in [2.24, 2.45) is 0 Å². The molecule has 3 aromatic rings. The molecule has 0 radical (unpaired) electrons. The van der Waals surface area contributed by atoms with Crippen molar-refractivity contribution in [1.82, 2.24) is 10.3 Å². The summed E-state index contributed by atoms with van der Waals surface area (Å²) in [6, 6.07) is 19.1. The zero-order valence-corrected chi connectivity index (χ0v) is 16.6. The standard InChI is InChI=1S/C21H20N2O2S2/c1-15(24)18(12-16-8-4-2-5-9-16)22-20(25)14-27-21-23-19(13-26-21)17-10-6-3-7-11-17/h2-11,13,18H,12,14H2,1H3,(H,22,25)/t18-/m1/s1. The summed E-state index contributed by atoms with van der Waals surface area (Å²) in [6.07, 6.45) is 0.502. The first-order valence-corrected chi connectivity index (χ1v) is 10.5. The van der Waals surface area contributed by atoms with E-state index in [1.165, 1.54) is 30.0 Å². The minimum atomic E-state index is -0.503. The Morgan fingerprint density at radius 1 is 1.07 bits per heavy atom. The molecule has 0 aliphatic carbocycles. The zero-order chi connectivity index (χ0) is 19.1. The molecule has 138 valence electrons. The molecule has 1 aromatic heterocycles. The number of nitrogens with zero attached hydrogens (tertiary/aromatic N) is 1. The topological polar surface area (TPSA) is 59.1 Å². The number of thiazole rings is 1. The second-order valence-corrected chi connectivity index (χ2v) is 8.15. The predicted molar refractivity (Wildman–Crippen MR) is 111 cm³/mol. The van der Waals surface area contributed by atoms with Crippen LogP contribution in [0.5, 0.6) is 0 Å². The van der Waals surface area contributed by atoms with Gasteiger partial charge in [0.05, 0.1) is 17.5 Å². The minimum absolute atomic E-state index is 0.0437. The van der Waals surface area contributed by atoms with Gasteiger partial charge < -0.3 is 5.32 Å². The lowest BCUT2D eigenvalue weighted by Crippen LogP contribution is -2.42. The molecule has 3 rings (SSSR count). The molecule has 0 saturated carbocycles. The molecule has 0 aliphatic heterocycles. The van der Waals surface area contributed by atoms with Crippen LogP contribution in [0.15, 0.2) is 70.4 Å². The van der Waals surface area contributed by atoms with Crippen LogP contribution >= 0.6 is 23.1 Å². The molecule has 0 fully saturated rings. The lowest BCUT2D eigenvalue weighted by molar-refractivity contribution is -0.125. The number of thioether (sulfide) groups is 1. The molecule has 0 aliphatic rings. The molecule has 1 atom stereocenters. The van der Waals surface area contributed by atoms with Gasteiger partial charge in [-0.05, 0) is 18.9 Å². The van der Waals surface area contributed by atoms with Crippen molar-refractivity contribution in [2.75, 3.05) is 5.75 Å². The Labute approximate surface area is 167 Å². The van der Waals surface area contributed by atoms with Crippen LogP contribution in [-0.2, 0) is 16.0 Å². The largest absolute Gasteiger partial charge is 0.345 e. The van der Waals surface area contributed by atoms with Gasteiger partial charge in [0.25, 0.3) is 0 Å². The average molecular weight is 397 g/mol. The zero-order valence-electron chi connectivity index (χ0n) is 14.9. The van der Waals surface area contributed by atoms with Crippen LogP contribution in [0.25, 0.3) is 11.3 Å². The van der Waals surface area contributed by atoms with Gasteiger partial charge in [-0.25, -0.2) is 4.98 Å². The molecule has 1 amide bonds. The minimum Gasteiger partial charge on any atom is -0.345 e. The maximum atomic E-state index is 12.3. The average Bonchev–Trinajstić information content (AvgIpc) is 3.16. The number of carbonyl (C=O) groups is 2. The van der Waals surface area contributed by atoms with E-state index in [0.29, 0.717) is 6.42 Å². The first kappa shape index (κ1) is 19.3. The fraction of sp³-hybridized carbons (Fsp3) is 0.190. The van der Waals surface area contributed by atoms with E-state index in [9.17, 15) is 9.59 Å². The van der Waals surface area contributed by atoms with Gasteiger partial charge in [-0.1, -0.05) is 72.4 Å². The summed E-state index contributed by atoms with van der Waals surface area (Å²) in [5.74, 6) is 0.0331. The van der Waals surface area contributed by atoms with Crippen molar-refractivity contribution < 1.29 is 9.59 Å². The third kappa shape index (κ3) is 5.77. The lowest BCUT2D eigenvalue weighted by Gasteiger charge is -2.15. The van der Waals surface area contributed by atoms with E-state index in [1.54, 1.807) is 0 Å². The van der Waals surface area contributed by atoms with E-state index >= 15 is 0 Å². The first-order valence-electron chi connectivity index (χ1n) is 8.59. The Morgan fingerprint density at radius 3 is 2.41 bits per heavy atom. The molecule has 0 bridgehead atoms. The van der Waals surface area contributed by atoms with Gasteiger partial charge >= 0.3 is 0 Å². The van der Waals surface area contributed by atoms with Gasteiger partial charge in [-0.15, -0.1) is 11.3 Å². The monoisotopic (exact) mass is 396 g/mol. The number of ketones is 1. The van der Waals surface area contributed by atoms with Gasteiger partial charge in [0.2, 0.25) is 5.91 Å². The molecule has 0 saturated heterocycles. The number of carbonyl (C=O) groups excluding carboxylic acids is 2. The van der Waals surface area contributed by atoms with Crippen LogP contribution in [0.1, 0.15) is 12.5 Å². The Balaban J connectivity index is 1.54. The predicted octanol–water partition coefficient (Wildman–Crippen LogP) is 4.22. The van der Waals surface area contributed by atoms with Crippen LogP contribution in [0.4, 0.5) is 0 Å². The SMILES string of the molecule is CC(=O)[C@@H](Cc1ccccc1)NC(=O)CSc1nc(-c2ccccc2)cs1. The van der Waals surface area contributed by atoms with Crippen molar-refractivity contribution >= 4 is 34.8 Å². The number of nitrogens with one attached hydrogen (secondary N) is 1. The molecule has 2 aromatic carbocycles. The smallest absolute Gasteiger partial charge is 0.231 e. The molecule has 1 N–H and O–H groups in total. The summed E-state index contributed by atoms with van der Waals surface area (Å²) in [5.41, 5.74) is 3.00. The maximum absolute atomic E-state index is 12.3. The number of hydrogen-bond acceptors (Lipinski definition) is 5. The summed E-state index contributed by atoms with van der Waals surface area (Å²) in [4.78, 5) is 28.7. The Bertz CT molecular complexity index is 895. The number of Topliss-reactive ketones (excluding diaryl/α,β-unsaturated/α-hetero) is 1. The van der Waals surface area contributed by atoms with Gasteiger partial charge in [0.15, 0.2) is 10.1 Å². The van der Waals surface area contributed by atoms with Crippen LogP contribution in [-0.4, -0.2) is 28.5 Å². The van der Waals surface area contributed by atoms with Crippen molar-refractivity contribution in [3.63, 3.8) is 0 Å². The van der Waals surface area contributed by atoms with Gasteiger partial charge in [-0.2, -0.15) is 0 Å². The fourth-order valence-corrected chi connectivity index (χ4v) is 4.22. The second-order valence-electron chi connectivity index (χ2n) is 6.07. The highest BCUT2D eigenvalue weighted by Gasteiger charge is 2.18. The molecule has 0 unspecified atom stereocenters. The van der Waals surface area contributed by atoms with E-state index in [2.05, 4.69) is 10.3 Å². The van der Waals surface area contributed by atoms with E-state index in [-0.39, 0.29) is 17.4 Å². The number of rotatable bonds is 8. The highest BCUT2D eigenvalue weighted by molar-refractivity contribution is 8.01. The molecule has 0 spiro atoms. The van der Waals surface area contributed by atoms with Crippen molar-refractivity contribution in [3.8, 4) is 11.3 Å². The van der Waals surface area contributed by atoms with Crippen molar-refractivity contribution in [1.29, 1.82) is 0 Å². The number of hydrogen-bond donors (Lipinski definition) is 1. The van der Waals surface area contributed by atoms with Crippen molar-refractivity contribution in [3.05, 3.63) is 71.6 Å². The van der Waals surface area contributed by atoms with E-state index in [1.807, 2.05) is 66.0 Å². The summed E-state index contributed by atoms with van der Waals surface area (Å²) >= 11 is 2.91. The van der Waals surface area contributed by atoms with E-state index in [4.69, 9.17) is 0 Å². The first-order chi connectivity index (χ1) is 13.1. The summed E-state index contributed by atoms with van der Waals surface area (Å²) in [6.45, 7) is 1.51. The van der Waals surface area contributed by atoms with Gasteiger partial charge in [0, 0.05) is 10.9 Å². The third-order valence-electron chi connectivity index (χ3n) is 3.99. The highest BCUT2D eigenvalue weighted by atomic mass is 32.2. The van der Waals surface area contributed by atoms with Gasteiger partial charge in [-0.3, -0.25) is 9.59 Å². The van der Waals surface area contributed by atoms with Crippen molar-refractivity contribution in [2.45, 2.75) is 23.7 Å². The van der Waals surface area contributed by atoms with Crippen LogP contribution in [0, 0.1) is 0 Å². The Kier molecular flexibility index (Phi) is 6.79. The Hall–Kier alpha value is -2.44. The van der Waals surface area contributed by atoms with E-state index in [0.717, 1.165) is 21.2 Å². The molecular formula is C21H20N2O2S2. The fourth-order valence-electron chi connectivity index (χ4n) is 2.57. The van der Waals surface area contributed by atoms with Crippen LogP contribution < -0.4 is 5.32 Å². The number of amides is 1.